The molecule has 0 aliphatic carbocycles. The summed E-state index contributed by atoms with van der Waals surface area (Å²) in [6.07, 6.45) is 0. The van der Waals surface area contributed by atoms with Gasteiger partial charge in [0, 0.05) is 19.7 Å². The zero-order chi connectivity index (χ0) is 15.5. The van der Waals surface area contributed by atoms with Gasteiger partial charge in [0.25, 0.3) is 0 Å². The van der Waals surface area contributed by atoms with E-state index in [0.717, 1.165) is 4.31 Å². The standard InChI is InChI=1S/C12H16N2O5S/c1-8(12(16)17)14(3)20(18,19)11-6-4-10(5-7-11)13-9(2)15/h4-8H,1-3H3,(H,13,15)(H,16,17). The first-order valence-corrected chi connectivity index (χ1v) is 7.18. The van der Waals surface area contributed by atoms with Crippen molar-refractivity contribution < 1.29 is 23.1 Å². The molecule has 1 aromatic carbocycles. The second kappa shape index (κ2) is 6.02. The minimum atomic E-state index is -3.89. The van der Waals surface area contributed by atoms with Gasteiger partial charge in [-0.1, -0.05) is 0 Å². The third kappa shape index (κ3) is 3.55. The number of rotatable bonds is 5. The predicted molar refractivity (Wildman–Crippen MR) is 72.8 cm³/mol. The highest BCUT2D eigenvalue weighted by Gasteiger charge is 2.29. The molecular weight excluding hydrogens is 284 g/mol. The Morgan fingerprint density at radius 2 is 1.75 bits per heavy atom. The van der Waals surface area contributed by atoms with Crippen molar-refractivity contribution in [1.29, 1.82) is 0 Å². The van der Waals surface area contributed by atoms with Crippen LogP contribution in [0.2, 0.25) is 0 Å². The summed E-state index contributed by atoms with van der Waals surface area (Å²) in [4.78, 5) is 21.7. The van der Waals surface area contributed by atoms with E-state index in [1.165, 1.54) is 45.2 Å². The Bertz CT molecular complexity index is 609. The van der Waals surface area contributed by atoms with Crippen LogP contribution in [-0.2, 0) is 19.6 Å². The maximum absolute atomic E-state index is 12.2. The minimum Gasteiger partial charge on any atom is -0.480 e. The van der Waals surface area contributed by atoms with E-state index in [2.05, 4.69) is 5.32 Å². The molecule has 1 atom stereocenters. The van der Waals surface area contributed by atoms with Crippen molar-refractivity contribution >= 4 is 27.6 Å². The molecule has 0 fully saturated rings. The topological polar surface area (TPSA) is 104 Å². The van der Waals surface area contributed by atoms with Crippen LogP contribution < -0.4 is 5.32 Å². The van der Waals surface area contributed by atoms with Crippen LogP contribution in [0.4, 0.5) is 5.69 Å². The van der Waals surface area contributed by atoms with E-state index in [4.69, 9.17) is 5.11 Å². The molecule has 0 spiro atoms. The average Bonchev–Trinajstić information content (AvgIpc) is 2.36. The third-order valence-electron chi connectivity index (χ3n) is 2.75. The molecule has 0 aliphatic heterocycles. The molecule has 7 nitrogen and oxygen atoms in total. The zero-order valence-electron chi connectivity index (χ0n) is 11.3. The fourth-order valence-electron chi connectivity index (χ4n) is 1.44. The number of aliphatic carboxylic acids is 1. The van der Waals surface area contributed by atoms with Gasteiger partial charge in [-0.05, 0) is 31.2 Å². The van der Waals surface area contributed by atoms with Crippen LogP contribution in [0, 0.1) is 0 Å². The van der Waals surface area contributed by atoms with Gasteiger partial charge in [0.05, 0.1) is 4.90 Å². The van der Waals surface area contributed by atoms with Crippen molar-refractivity contribution in [2.45, 2.75) is 24.8 Å². The van der Waals surface area contributed by atoms with Crippen LogP contribution in [0.3, 0.4) is 0 Å². The number of amides is 1. The smallest absolute Gasteiger partial charge is 0.321 e. The average molecular weight is 300 g/mol. The Morgan fingerprint density at radius 1 is 1.25 bits per heavy atom. The molecule has 20 heavy (non-hydrogen) atoms. The summed E-state index contributed by atoms with van der Waals surface area (Å²) in [5, 5.41) is 11.4. The number of carbonyl (C=O) groups is 2. The van der Waals surface area contributed by atoms with Gasteiger partial charge in [0.15, 0.2) is 0 Å². The van der Waals surface area contributed by atoms with Crippen molar-refractivity contribution in [2.75, 3.05) is 12.4 Å². The molecule has 2 N–H and O–H groups in total. The number of hydrogen-bond acceptors (Lipinski definition) is 4. The van der Waals surface area contributed by atoms with Gasteiger partial charge < -0.3 is 10.4 Å². The lowest BCUT2D eigenvalue weighted by Crippen LogP contribution is -2.40. The Hall–Kier alpha value is -1.93. The minimum absolute atomic E-state index is 0.0396. The van der Waals surface area contributed by atoms with Crippen molar-refractivity contribution in [1.82, 2.24) is 4.31 Å². The highest BCUT2D eigenvalue weighted by atomic mass is 32.2. The van der Waals surface area contributed by atoms with Crippen LogP contribution in [0.5, 0.6) is 0 Å². The molecule has 0 bridgehead atoms. The second-order valence-corrected chi connectivity index (χ2v) is 6.24. The first kappa shape index (κ1) is 16.1. The van der Waals surface area contributed by atoms with Gasteiger partial charge in [0.1, 0.15) is 6.04 Å². The summed E-state index contributed by atoms with van der Waals surface area (Å²) in [6.45, 7) is 2.62. The fraction of sp³-hybridized carbons (Fsp3) is 0.333. The molecule has 0 saturated carbocycles. The summed E-state index contributed by atoms with van der Waals surface area (Å²) < 4.78 is 25.2. The quantitative estimate of drug-likeness (QED) is 0.834. The fourth-order valence-corrected chi connectivity index (χ4v) is 2.76. The van der Waals surface area contributed by atoms with Crippen LogP contribution >= 0.6 is 0 Å². The number of carbonyl (C=O) groups excluding carboxylic acids is 1. The number of benzene rings is 1. The van der Waals surface area contributed by atoms with Gasteiger partial charge >= 0.3 is 5.97 Å². The van der Waals surface area contributed by atoms with Gasteiger partial charge in [-0.25, -0.2) is 8.42 Å². The molecule has 8 heteroatoms. The van der Waals surface area contributed by atoms with Crippen LogP contribution in [0.25, 0.3) is 0 Å². The maximum Gasteiger partial charge on any atom is 0.321 e. The van der Waals surface area contributed by atoms with Gasteiger partial charge in [0.2, 0.25) is 15.9 Å². The Kier molecular flexibility index (Phi) is 4.85. The number of sulfonamides is 1. The number of carboxylic acid groups (broad SMARTS) is 1. The number of carboxylic acids is 1. The third-order valence-corrected chi connectivity index (χ3v) is 4.70. The van der Waals surface area contributed by atoms with Gasteiger partial charge in [-0.3, -0.25) is 9.59 Å². The van der Waals surface area contributed by atoms with Crippen molar-refractivity contribution in [3.8, 4) is 0 Å². The second-order valence-electron chi connectivity index (χ2n) is 4.24. The molecule has 0 saturated heterocycles. The van der Waals surface area contributed by atoms with Crippen LogP contribution in [0.1, 0.15) is 13.8 Å². The normalized spacial score (nSPS) is 13.0. The Labute approximate surface area is 117 Å². The summed E-state index contributed by atoms with van der Waals surface area (Å²) in [5.74, 6) is -1.50. The monoisotopic (exact) mass is 300 g/mol. The molecule has 0 radical (unpaired) electrons. The lowest BCUT2D eigenvalue weighted by molar-refractivity contribution is -0.140. The molecular formula is C12H16N2O5S. The molecule has 0 aromatic heterocycles. The van der Waals surface area contributed by atoms with Crippen molar-refractivity contribution in [3.05, 3.63) is 24.3 Å². The molecule has 0 heterocycles. The molecule has 1 rings (SSSR count). The predicted octanol–water partition coefficient (Wildman–Crippen LogP) is 0.739. The maximum atomic E-state index is 12.2. The summed E-state index contributed by atoms with van der Waals surface area (Å²) in [6, 6.07) is 4.33. The van der Waals surface area contributed by atoms with E-state index >= 15 is 0 Å². The van der Waals surface area contributed by atoms with E-state index in [1.807, 2.05) is 0 Å². The highest BCUT2D eigenvalue weighted by molar-refractivity contribution is 7.89. The molecule has 1 amide bonds. The van der Waals surface area contributed by atoms with Gasteiger partial charge in [-0.2, -0.15) is 4.31 Å². The summed E-state index contributed by atoms with van der Waals surface area (Å²) in [5.41, 5.74) is 0.463. The molecule has 110 valence electrons. The van der Waals surface area contributed by atoms with Crippen molar-refractivity contribution in [3.63, 3.8) is 0 Å². The SMILES string of the molecule is CC(=O)Nc1ccc(S(=O)(=O)N(C)C(C)C(=O)O)cc1. The van der Waals surface area contributed by atoms with E-state index in [0.29, 0.717) is 5.69 Å². The first-order valence-electron chi connectivity index (χ1n) is 5.74. The number of likely N-dealkylation sites (N-methyl/N-ethyl adjacent to an activating group) is 1. The summed E-state index contributed by atoms with van der Waals surface area (Å²) >= 11 is 0. The largest absolute Gasteiger partial charge is 0.480 e. The first-order chi connectivity index (χ1) is 9.16. The molecule has 1 unspecified atom stereocenters. The van der Waals surface area contributed by atoms with E-state index < -0.39 is 22.0 Å². The molecule has 1 aromatic rings. The Balaban J connectivity index is 3.04. The number of anilines is 1. The van der Waals surface area contributed by atoms with Crippen LogP contribution in [0.15, 0.2) is 29.2 Å². The Morgan fingerprint density at radius 3 is 2.15 bits per heavy atom. The highest BCUT2D eigenvalue weighted by Crippen LogP contribution is 2.19. The lowest BCUT2D eigenvalue weighted by Gasteiger charge is -2.21. The van der Waals surface area contributed by atoms with E-state index in [1.54, 1.807) is 0 Å². The number of hydrogen-bond donors (Lipinski definition) is 2. The summed E-state index contributed by atoms with van der Waals surface area (Å²) in [7, 11) is -2.68. The number of nitrogens with zero attached hydrogens (tertiary/aromatic N) is 1. The molecule has 0 aliphatic rings. The van der Waals surface area contributed by atoms with Crippen LogP contribution in [-0.4, -0.2) is 42.8 Å². The zero-order valence-corrected chi connectivity index (χ0v) is 12.1. The van der Waals surface area contributed by atoms with Crippen molar-refractivity contribution in [2.24, 2.45) is 0 Å². The lowest BCUT2D eigenvalue weighted by atomic mass is 10.3. The van der Waals surface area contributed by atoms with E-state index in [9.17, 15) is 18.0 Å². The van der Waals surface area contributed by atoms with Gasteiger partial charge in [-0.15, -0.1) is 0 Å². The van der Waals surface area contributed by atoms with E-state index in [-0.39, 0.29) is 10.8 Å². The number of nitrogens with one attached hydrogen (secondary N) is 1.